The van der Waals surface area contributed by atoms with Crippen LogP contribution >= 0.6 is 11.8 Å². The zero-order valence-electron chi connectivity index (χ0n) is 11.3. The number of aryl methyl sites for hydroxylation is 1. The van der Waals surface area contributed by atoms with Crippen LogP contribution in [0.3, 0.4) is 0 Å². The molecule has 0 saturated carbocycles. The third kappa shape index (κ3) is 2.86. The summed E-state index contributed by atoms with van der Waals surface area (Å²) in [6.07, 6.45) is 3.24. The Balaban J connectivity index is 2.12. The fourth-order valence-electron chi connectivity index (χ4n) is 1.85. The maximum Gasteiger partial charge on any atom is 0.232 e. The van der Waals surface area contributed by atoms with Gasteiger partial charge in [-0.25, -0.2) is 9.97 Å². The number of aromatic nitrogens is 4. The van der Waals surface area contributed by atoms with E-state index in [1.54, 1.807) is 10.9 Å². The van der Waals surface area contributed by atoms with Crippen molar-refractivity contribution in [2.45, 2.75) is 18.9 Å². The molecule has 19 heavy (non-hydrogen) atoms. The first-order chi connectivity index (χ1) is 9.17. The standard InChI is InChI=1S/C12H17N5OS/c1-4-17(5-2)10(18)7-19-12-9-6-15-16(3)11(9)13-8-14-12/h6,8H,4-5,7H2,1-3H3. The van der Waals surface area contributed by atoms with Crippen LogP contribution in [0, 0.1) is 0 Å². The van der Waals surface area contributed by atoms with Gasteiger partial charge in [0.2, 0.25) is 5.91 Å². The van der Waals surface area contributed by atoms with Crippen molar-refractivity contribution < 1.29 is 4.79 Å². The maximum atomic E-state index is 12.0. The summed E-state index contributed by atoms with van der Waals surface area (Å²) in [5, 5.41) is 5.85. The molecule has 2 aromatic rings. The Morgan fingerprint density at radius 3 is 2.79 bits per heavy atom. The number of carbonyl (C=O) groups is 1. The van der Waals surface area contributed by atoms with E-state index in [1.807, 2.05) is 25.8 Å². The highest BCUT2D eigenvalue weighted by Gasteiger charge is 2.13. The molecule has 0 aliphatic carbocycles. The number of fused-ring (bicyclic) bond motifs is 1. The molecule has 1 amide bonds. The minimum atomic E-state index is 0.130. The van der Waals surface area contributed by atoms with E-state index in [4.69, 9.17) is 0 Å². The minimum Gasteiger partial charge on any atom is -0.343 e. The quantitative estimate of drug-likeness (QED) is 0.610. The van der Waals surface area contributed by atoms with Gasteiger partial charge in [0.1, 0.15) is 11.4 Å². The molecule has 7 heteroatoms. The largest absolute Gasteiger partial charge is 0.343 e. The number of rotatable bonds is 5. The second kappa shape index (κ2) is 6.01. The fraction of sp³-hybridized carbons (Fsp3) is 0.500. The summed E-state index contributed by atoms with van der Waals surface area (Å²) in [6, 6.07) is 0. The lowest BCUT2D eigenvalue weighted by Gasteiger charge is -2.17. The number of nitrogens with zero attached hydrogens (tertiary/aromatic N) is 5. The van der Waals surface area contributed by atoms with Gasteiger partial charge in [0.25, 0.3) is 0 Å². The summed E-state index contributed by atoms with van der Waals surface area (Å²) in [6.45, 7) is 5.44. The molecule has 2 rings (SSSR count). The van der Waals surface area contributed by atoms with Crippen molar-refractivity contribution in [2.24, 2.45) is 7.05 Å². The van der Waals surface area contributed by atoms with E-state index >= 15 is 0 Å². The minimum absolute atomic E-state index is 0.130. The SMILES string of the molecule is CCN(CC)C(=O)CSc1ncnc2c1cnn2C. The van der Waals surface area contributed by atoms with Crippen molar-refractivity contribution in [2.75, 3.05) is 18.8 Å². The predicted octanol–water partition coefficient (Wildman–Crippen LogP) is 1.32. The van der Waals surface area contributed by atoms with Gasteiger partial charge in [-0.2, -0.15) is 5.10 Å². The van der Waals surface area contributed by atoms with Gasteiger partial charge >= 0.3 is 0 Å². The zero-order valence-corrected chi connectivity index (χ0v) is 12.1. The molecule has 0 N–H and O–H groups in total. The molecule has 0 bridgehead atoms. The number of amides is 1. The lowest BCUT2D eigenvalue weighted by Crippen LogP contribution is -2.31. The molecule has 0 atom stereocenters. The number of thioether (sulfide) groups is 1. The van der Waals surface area contributed by atoms with E-state index in [0.717, 1.165) is 29.1 Å². The summed E-state index contributed by atoms with van der Waals surface area (Å²) in [5.41, 5.74) is 0.785. The van der Waals surface area contributed by atoms with Crippen LogP contribution in [0.25, 0.3) is 11.0 Å². The molecule has 0 unspecified atom stereocenters. The average molecular weight is 279 g/mol. The summed E-state index contributed by atoms with van der Waals surface area (Å²) >= 11 is 1.43. The Hall–Kier alpha value is -1.63. The number of hydrogen-bond donors (Lipinski definition) is 0. The van der Waals surface area contributed by atoms with Gasteiger partial charge in [0.05, 0.1) is 17.3 Å². The first-order valence-corrected chi connectivity index (χ1v) is 7.19. The van der Waals surface area contributed by atoms with Gasteiger partial charge in [0.15, 0.2) is 5.65 Å². The lowest BCUT2D eigenvalue weighted by atomic mass is 10.4. The van der Waals surface area contributed by atoms with Crippen LogP contribution in [0.1, 0.15) is 13.8 Å². The molecule has 0 spiro atoms. The van der Waals surface area contributed by atoms with Crippen LogP contribution in [-0.4, -0.2) is 49.4 Å². The topological polar surface area (TPSA) is 63.9 Å². The van der Waals surface area contributed by atoms with Crippen LogP contribution in [-0.2, 0) is 11.8 Å². The summed E-state index contributed by atoms with van der Waals surface area (Å²) in [4.78, 5) is 22.2. The third-order valence-corrected chi connectivity index (χ3v) is 3.93. The van der Waals surface area contributed by atoms with Crippen molar-refractivity contribution >= 4 is 28.7 Å². The molecule has 0 aliphatic rings. The zero-order chi connectivity index (χ0) is 13.8. The maximum absolute atomic E-state index is 12.0. The Kier molecular flexibility index (Phi) is 4.36. The molecular weight excluding hydrogens is 262 g/mol. The Morgan fingerprint density at radius 2 is 2.11 bits per heavy atom. The van der Waals surface area contributed by atoms with E-state index in [0.29, 0.717) is 5.75 Å². The van der Waals surface area contributed by atoms with Crippen LogP contribution < -0.4 is 0 Å². The second-order valence-electron chi connectivity index (χ2n) is 4.04. The highest BCUT2D eigenvalue weighted by Crippen LogP contribution is 2.23. The Bertz CT molecular complexity index is 579. The first kappa shape index (κ1) is 13.8. The van der Waals surface area contributed by atoms with E-state index in [2.05, 4.69) is 15.1 Å². The van der Waals surface area contributed by atoms with Gasteiger partial charge < -0.3 is 4.90 Å². The summed E-state index contributed by atoms with van der Waals surface area (Å²) < 4.78 is 1.70. The molecule has 0 fully saturated rings. The smallest absolute Gasteiger partial charge is 0.232 e. The van der Waals surface area contributed by atoms with Crippen LogP contribution in [0.4, 0.5) is 0 Å². The molecule has 2 heterocycles. The van der Waals surface area contributed by atoms with Crippen molar-refractivity contribution in [3.63, 3.8) is 0 Å². The highest BCUT2D eigenvalue weighted by molar-refractivity contribution is 8.00. The van der Waals surface area contributed by atoms with Gasteiger partial charge in [-0.1, -0.05) is 11.8 Å². The van der Waals surface area contributed by atoms with E-state index in [-0.39, 0.29) is 5.91 Å². The molecule has 0 aromatic carbocycles. The Morgan fingerprint density at radius 1 is 1.37 bits per heavy atom. The normalized spacial score (nSPS) is 10.9. The second-order valence-corrected chi connectivity index (χ2v) is 5.00. The van der Waals surface area contributed by atoms with Crippen LogP contribution in [0.2, 0.25) is 0 Å². The Labute approximate surface area is 116 Å². The van der Waals surface area contributed by atoms with Gasteiger partial charge in [-0.15, -0.1) is 0 Å². The third-order valence-electron chi connectivity index (χ3n) is 2.94. The first-order valence-electron chi connectivity index (χ1n) is 6.20. The summed E-state index contributed by atoms with van der Waals surface area (Å²) in [5.74, 6) is 0.522. The average Bonchev–Trinajstić information content (AvgIpc) is 2.80. The van der Waals surface area contributed by atoms with Crippen molar-refractivity contribution in [3.05, 3.63) is 12.5 Å². The fourth-order valence-corrected chi connectivity index (χ4v) is 2.72. The lowest BCUT2D eigenvalue weighted by molar-refractivity contribution is -0.127. The van der Waals surface area contributed by atoms with Gasteiger partial charge in [0, 0.05) is 20.1 Å². The molecular formula is C12H17N5OS. The molecule has 0 aliphatic heterocycles. The monoisotopic (exact) mass is 279 g/mol. The number of hydrogen-bond acceptors (Lipinski definition) is 5. The molecule has 102 valence electrons. The van der Waals surface area contributed by atoms with Crippen molar-refractivity contribution in [1.29, 1.82) is 0 Å². The van der Waals surface area contributed by atoms with E-state index < -0.39 is 0 Å². The van der Waals surface area contributed by atoms with Gasteiger partial charge in [-0.3, -0.25) is 9.48 Å². The number of carbonyl (C=O) groups excluding carboxylic acids is 1. The van der Waals surface area contributed by atoms with E-state index in [1.165, 1.54) is 18.1 Å². The van der Waals surface area contributed by atoms with Crippen LogP contribution in [0.15, 0.2) is 17.6 Å². The predicted molar refractivity (Wildman–Crippen MR) is 75.0 cm³/mol. The van der Waals surface area contributed by atoms with Crippen molar-refractivity contribution in [3.8, 4) is 0 Å². The van der Waals surface area contributed by atoms with Crippen LogP contribution in [0.5, 0.6) is 0 Å². The van der Waals surface area contributed by atoms with Crippen molar-refractivity contribution in [1.82, 2.24) is 24.6 Å². The highest BCUT2D eigenvalue weighted by atomic mass is 32.2. The van der Waals surface area contributed by atoms with E-state index in [9.17, 15) is 4.79 Å². The summed E-state index contributed by atoms with van der Waals surface area (Å²) in [7, 11) is 1.84. The molecule has 0 radical (unpaired) electrons. The molecule has 2 aromatic heterocycles. The molecule has 0 saturated heterocycles. The van der Waals surface area contributed by atoms with Gasteiger partial charge in [-0.05, 0) is 13.8 Å². The molecule has 6 nitrogen and oxygen atoms in total.